The molecule has 1 aromatic carbocycles. The van der Waals surface area contributed by atoms with Crippen molar-refractivity contribution in [1.82, 2.24) is 4.31 Å². The maximum absolute atomic E-state index is 12.7. The lowest BCUT2D eigenvalue weighted by Gasteiger charge is -2.22. The van der Waals surface area contributed by atoms with Crippen molar-refractivity contribution < 1.29 is 13.2 Å². The normalized spacial score (nSPS) is 26.5. The van der Waals surface area contributed by atoms with Crippen LogP contribution in [0.1, 0.15) is 32.6 Å². The zero-order chi connectivity index (χ0) is 14.9. The molecule has 4 nitrogen and oxygen atoms in total. The number of hydrogen-bond acceptors (Lipinski definition) is 3. The fourth-order valence-corrected chi connectivity index (χ4v) is 5.14. The van der Waals surface area contributed by atoms with Crippen molar-refractivity contribution in [2.45, 2.75) is 37.5 Å². The molecule has 2 unspecified atom stereocenters. The van der Waals surface area contributed by atoms with Crippen molar-refractivity contribution in [3.63, 3.8) is 0 Å². The Morgan fingerprint density at radius 3 is 2.19 bits per heavy atom. The molecule has 5 heteroatoms. The van der Waals surface area contributed by atoms with E-state index in [0.717, 1.165) is 0 Å². The third kappa shape index (κ3) is 2.94. The zero-order valence-electron chi connectivity index (χ0n) is 12.5. The molecule has 1 aliphatic carbocycles. The van der Waals surface area contributed by atoms with Crippen LogP contribution in [0.4, 0.5) is 0 Å². The van der Waals surface area contributed by atoms with Gasteiger partial charge in [-0.1, -0.05) is 12.8 Å². The summed E-state index contributed by atoms with van der Waals surface area (Å²) in [5, 5.41) is 0. The first-order chi connectivity index (χ1) is 10.1. The molecule has 1 heterocycles. The highest BCUT2D eigenvalue weighted by Gasteiger charge is 2.39. The molecule has 0 radical (unpaired) electrons. The minimum Gasteiger partial charge on any atom is -0.494 e. The summed E-state index contributed by atoms with van der Waals surface area (Å²) < 4.78 is 32.5. The molecule has 2 aliphatic rings. The van der Waals surface area contributed by atoms with Crippen LogP contribution in [0.25, 0.3) is 0 Å². The molecule has 0 aromatic heterocycles. The molecular weight excluding hydrogens is 286 g/mol. The highest BCUT2D eigenvalue weighted by atomic mass is 32.2. The first-order valence-corrected chi connectivity index (χ1v) is 9.28. The minimum absolute atomic E-state index is 0.379. The van der Waals surface area contributed by atoms with Gasteiger partial charge in [0, 0.05) is 13.1 Å². The maximum Gasteiger partial charge on any atom is 0.243 e. The molecule has 2 fully saturated rings. The van der Waals surface area contributed by atoms with Gasteiger partial charge in [-0.25, -0.2) is 8.42 Å². The van der Waals surface area contributed by atoms with E-state index in [9.17, 15) is 8.42 Å². The lowest BCUT2D eigenvalue weighted by Crippen LogP contribution is -2.29. The standard InChI is InChI=1S/C16H23NO3S/c1-2-20-15-7-9-16(10-8-15)21(18,19)17-11-13-5-3-4-6-14(13)12-17/h7-10,13-14H,2-6,11-12H2,1H3. The fraction of sp³-hybridized carbons (Fsp3) is 0.625. The van der Waals surface area contributed by atoms with Gasteiger partial charge in [0.2, 0.25) is 10.0 Å². The van der Waals surface area contributed by atoms with Gasteiger partial charge in [-0.3, -0.25) is 0 Å². The van der Waals surface area contributed by atoms with Gasteiger partial charge >= 0.3 is 0 Å². The van der Waals surface area contributed by atoms with Crippen molar-refractivity contribution in [3.8, 4) is 5.75 Å². The van der Waals surface area contributed by atoms with Crippen LogP contribution < -0.4 is 4.74 Å². The van der Waals surface area contributed by atoms with E-state index in [1.807, 2.05) is 6.92 Å². The molecule has 0 spiro atoms. The van der Waals surface area contributed by atoms with E-state index in [1.54, 1.807) is 28.6 Å². The topological polar surface area (TPSA) is 46.6 Å². The van der Waals surface area contributed by atoms with Gasteiger partial charge in [0.1, 0.15) is 5.75 Å². The average Bonchev–Trinajstić information content (AvgIpc) is 2.93. The Kier molecular flexibility index (Phi) is 4.22. The molecule has 1 aromatic rings. The third-order valence-corrected chi connectivity index (χ3v) is 6.56. The zero-order valence-corrected chi connectivity index (χ0v) is 13.3. The number of ether oxygens (including phenoxy) is 1. The van der Waals surface area contributed by atoms with Gasteiger partial charge in [0.05, 0.1) is 11.5 Å². The summed E-state index contributed by atoms with van der Waals surface area (Å²) in [6, 6.07) is 6.78. The summed E-state index contributed by atoms with van der Waals surface area (Å²) in [5.41, 5.74) is 0. The van der Waals surface area contributed by atoms with Crippen molar-refractivity contribution in [1.29, 1.82) is 0 Å². The Labute approximate surface area is 127 Å². The van der Waals surface area contributed by atoms with Gasteiger partial charge in [0.15, 0.2) is 0 Å². The van der Waals surface area contributed by atoms with Crippen LogP contribution in [0.15, 0.2) is 29.2 Å². The lowest BCUT2D eigenvalue weighted by atomic mass is 9.82. The Balaban J connectivity index is 1.77. The highest BCUT2D eigenvalue weighted by Crippen LogP contribution is 2.38. The number of nitrogens with zero attached hydrogens (tertiary/aromatic N) is 1. The maximum atomic E-state index is 12.7. The van der Waals surface area contributed by atoms with Crippen molar-refractivity contribution in [2.24, 2.45) is 11.8 Å². The highest BCUT2D eigenvalue weighted by molar-refractivity contribution is 7.89. The van der Waals surface area contributed by atoms with Gasteiger partial charge in [0.25, 0.3) is 0 Å². The van der Waals surface area contributed by atoms with Crippen LogP contribution in [0.5, 0.6) is 5.75 Å². The number of sulfonamides is 1. The Bertz CT molecular complexity index is 568. The van der Waals surface area contributed by atoms with Crippen LogP contribution in [-0.4, -0.2) is 32.4 Å². The second-order valence-corrected chi connectivity index (χ2v) is 7.97. The van der Waals surface area contributed by atoms with Crippen molar-refractivity contribution >= 4 is 10.0 Å². The second-order valence-electron chi connectivity index (χ2n) is 6.03. The summed E-state index contributed by atoms with van der Waals surface area (Å²) in [7, 11) is -3.35. The second kappa shape index (κ2) is 5.97. The predicted molar refractivity (Wildman–Crippen MR) is 81.8 cm³/mol. The number of benzene rings is 1. The number of fused-ring (bicyclic) bond motifs is 1. The van der Waals surface area contributed by atoms with E-state index in [-0.39, 0.29) is 0 Å². The van der Waals surface area contributed by atoms with Gasteiger partial charge in [-0.2, -0.15) is 4.31 Å². The molecule has 21 heavy (non-hydrogen) atoms. The van der Waals surface area contributed by atoms with Gasteiger partial charge in [-0.05, 0) is 55.9 Å². The first-order valence-electron chi connectivity index (χ1n) is 7.84. The van der Waals surface area contributed by atoms with E-state index in [0.29, 0.717) is 42.2 Å². The number of rotatable bonds is 4. The number of hydrogen-bond donors (Lipinski definition) is 0. The summed E-state index contributed by atoms with van der Waals surface area (Å²) in [5.74, 6) is 1.85. The van der Waals surface area contributed by atoms with Gasteiger partial charge < -0.3 is 4.74 Å². The first kappa shape index (κ1) is 14.9. The van der Waals surface area contributed by atoms with Crippen molar-refractivity contribution in [2.75, 3.05) is 19.7 Å². The molecule has 0 N–H and O–H groups in total. The molecule has 1 aliphatic heterocycles. The van der Waals surface area contributed by atoms with Crippen LogP contribution in [0.2, 0.25) is 0 Å². The molecule has 1 saturated carbocycles. The van der Waals surface area contributed by atoms with E-state index >= 15 is 0 Å². The molecule has 1 saturated heterocycles. The minimum atomic E-state index is -3.35. The summed E-state index contributed by atoms with van der Waals surface area (Å²) in [6.45, 7) is 3.89. The van der Waals surface area contributed by atoms with Crippen molar-refractivity contribution in [3.05, 3.63) is 24.3 Å². The molecule has 116 valence electrons. The van der Waals surface area contributed by atoms with E-state index < -0.39 is 10.0 Å². The van der Waals surface area contributed by atoms with Crippen LogP contribution in [-0.2, 0) is 10.0 Å². The van der Waals surface area contributed by atoms with Crippen LogP contribution in [0, 0.1) is 11.8 Å². The summed E-state index contributed by atoms with van der Waals surface area (Å²) >= 11 is 0. The van der Waals surface area contributed by atoms with E-state index in [2.05, 4.69) is 0 Å². The molecule has 2 atom stereocenters. The molecule has 0 amide bonds. The van der Waals surface area contributed by atoms with Crippen LogP contribution >= 0.6 is 0 Å². The quantitative estimate of drug-likeness (QED) is 0.859. The Morgan fingerprint density at radius 1 is 1.10 bits per heavy atom. The molecule has 0 bridgehead atoms. The summed E-state index contributed by atoms with van der Waals surface area (Å²) in [6.07, 6.45) is 4.86. The predicted octanol–water partition coefficient (Wildman–Crippen LogP) is 2.90. The van der Waals surface area contributed by atoms with E-state index in [4.69, 9.17) is 4.74 Å². The van der Waals surface area contributed by atoms with E-state index in [1.165, 1.54) is 25.7 Å². The Morgan fingerprint density at radius 2 is 1.67 bits per heavy atom. The average molecular weight is 309 g/mol. The van der Waals surface area contributed by atoms with Crippen LogP contribution in [0.3, 0.4) is 0 Å². The monoisotopic (exact) mass is 309 g/mol. The molecular formula is C16H23NO3S. The Hall–Kier alpha value is -1.07. The fourth-order valence-electron chi connectivity index (χ4n) is 3.58. The SMILES string of the molecule is CCOc1ccc(S(=O)(=O)N2CC3CCCCC3C2)cc1. The smallest absolute Gasteiger partial charge is 0.243 e. The summed E-state index contributed by atoms with van der Waals surface area (Å²) in [4.78, 5) is 0.379. The van der Waals surface area contributed by atoms with Gasteiger partial charge in [-0.15, -0.1) is 0 Å². The molecule has 3 rings (SSSR count). The third-order valence-electron chi connectivity index (χ3n) is 4.72. The largest absolute Gasteiger partial charge is 0.494 e. The lowest BCUT2D eigenvalue weighted by molar-refractivity contribution is 0.299.